The van der Waals surface area contributed by atoms with Gasteiger partial charge in [0.05, 0.1) is 0 Å². The van der Waals surface area contributed by atoms with Gasteiger partial charge in [-0.05, 0) is 24.1 Å². The third-order valence-corrected chi connectivity index (χ3v) is 2.83. The summed E-state index contributed by atoms with van der Waals surface area (Å²) in [6.07, 6.45) is 0.751. The number of hydrogen-bond acceptors (Lipinski definition) is 4. The standard InChI is InChI=1S/C14H15NO4/c1-3-9-6-14(17)19-12-7-10(4-5-11(9)12)18-8-13(16)15-2/h4-7H,3,8H2,1-2H3,(H,15,16). The van der Waals surface area contributed by atoms with Crippen LogP contribution in [0.3, 0.4) is 0 Å². The van der Waals surface area contributed by atoms with Crippen LogP contribution in [0.1, 0.15) is 12.5 Å². The van der Waals surface area contributed by atoms with E-state index in [2.05, 4.69) is 5.32 Å². The first kappa shape index (κ1) is 13.1. The van der Waals surface area contributed by atoms with E-state index in [-0.39, 0.29) is 18.1 Å². The van der Waals surface area contributed by atoms with Gasteiger partial charge in [0.1, 0.15) is 11.3 Å². The molecular weight excluding hydrogens is 246 g/mol. The van der Waals surface area contributed by atoms with E-state index in [1.165, 1.54) is 6.07 Å². The zero-order valence-electron chi connectivity index (χ0n) is 10.9. The predicted molar refractivity (Wildman–Crippen MR) is 71.4 cm³/mol. The minimum absolute atomic E-state index is 0.0697. The molecule has 0 aliphatic carbocycles. The summed E-state index contributed by atoms with van der Waals surface area (Å²) in [5, 5.41) is 3.35. The van der Waals surface area contributed by atoms with Crippen LogP contribution in [-0.2, 0) is 11.2 Å². The molecule has 0 saturated heterocycles. The lowest BCUT2D eigenvalue weighted by molar-refractivity contribution is -0.122. The summed E-state index contributed by atoms with van der Waals surface area (Å²) in [5.41, 5.74) is 1.02. The van der Waals surface area contributed by atoms with E-state index in [1.54, 1.807) is 19.2 Å². The van der Waals surface area contributed by atoms with Crippen LogP contribution >= 0.6 is 0 Å². The molecule has 0 unspecified atom stereocenters. The van der Waals surface area contributed by atoms with Crippen molar-refractivity contribution >= 4 is 16.9 Å². The summed E-state index contributed by atoms with van der Waals surface area (Å²) >= 11 is 0. The Hall–Kier alpha value is -2.30. The summed E-state index contributed by atoms with van der Waals surface area (Å²) in [4.78, 5) is 22.5. The van der Waals surface area contributed by atoms with Crippen molar-refractivity contribution in [3.63, 3.8) is 0 Å². The zero-order valence-corrected chi connectivity index (χ0v) is 10.9. The second-order valence-corrected chi connectivity index (χ2v) is 4.06. The van der Waals surface area contributed by atoms with E-state index in [0.29, 0.717) is 11.3 Å². The Labute approximate surface area is 110 Å². The third-order valence-electron chi connectivity index (χ3n) is 2.83. The number of fused-ring (bicyclic) bond motifs is 1. The molecule has 0 fully saturated rings. The van der Waals surface area contributed by atoms with Gasteiger partial charge in [0.25, 0.3) is 5.91 Å². The van der Waals surface area contributed by atoms with Gasteiger partial charge in [-0.3, -0.25) is 4.79 Å². The van der Waals surface area contributed by atoms with Gasteiger partial charge in [0, 0.05) is 24.6 Å². The van der Waals surface area contributed by atoms with Crippen molar-refractivity contribution in [3.8, 4) is 5.75 Å². The molecule has 0 bridgehead atoms. The number of benzene rings is 1. The topological polar surface area (TPSA) is 68.5 Å². The molecule has 5 heteroatoms. The SMILES string of the molecule is CCc1cc(=O)oc2cc(OCC(=O)NC)ccc12. The van der Waals surface area contributed by atoms with Crippen LogP contribution in [0.25, 0.3) is 11.0 Å². The minimum atomic E-state index is -0.382. The molecule has 2 rings (SSSR count). The number of nitrogens with one attached hydrogen (secondary N) is 1. The number of ether oxygens (including phenoxy) is 1. The Balaban J connectivity index is 2.35. The second kappa shape index (κ2) is 5.56. The van der Waals surface area contributed by atoms with E-state index in [1.807, 2.05) is 13.0 Å². The molecule has 1 aromatic carbocycles. The van der Waals surface area contributed by atoms with E-state index in [0.717, 1.165) is 17.4 Å². The lowest BCUT2D eigenvalue weighted by Crippen LogP contribution is -2.24. The monoisotopic (exact) mass is 261 g/mol. The average molecular weight is 261 g/mol. The fourth-order valence-corrected chi connectivity index (χ4v) is 1.81. The predicted octanol–water partition coefficient (Wildman–Crippen LogP) is 1.48. The molecule has 0 aliphatic rings. The maximum atomic E-state index is 11.4. The molecule has 1 N–H and O–H groups in total. The molecule has 0 aliphatic heterocycles. The third kappa shape index (κ3) is 2.93. The van der Waals surface area contributed by atoms with E-state index >= 15 is 0 Å². The fraction of sp³-hybridized carbons (Fsp3) is 0.286. The van der Waals surface area contributed by atoms with Crippen molar-refractivity contribution in [1.29, 1.82) is 0 Å². The van der Waals surface area contributed by atoms with Crippen LogP contribution in [0, 0.1) is 0 Å². The number of rotatable bonds is 4. The van der Waals surface area contributed by atoms with Crippen LogP contribution in [0.5, 0.6) is 5.75 Å². The Morgan fingerprint density at radius 1 is 1.37 bits per heavy atom. The highest BCUT2D eigenvalue weighted by molar-refractivity contribution is 5.82. The number of amides is 1. The van der Waals surface area contributed by atoms with Gasteiger partial charge in [-0.1, -0.05) is 6.92 Å². The van der Waals surface area contributed by atoms with Crippen LogP contribution in [0.15, 0.2) is 33.5 Å². The molecule has 0 saturated carbocycles. The molecule has 100 valence electrons. The molecule has 1 heterocycles. The lowest BCUT2D eigenvalue weighted by Gasteiger charge is -2.07. The number of carbonyl (C=O) groups is 1. The smallest absolute Gasteiger partial charge is 0.336 e. The van der Waals surface area contributed by atoms with Crippen molar-refractivity contribution in [2.45, 2.75) is 13.3 Å². The van der Waals surface area contributed by atoms with Crippen molar-refractivity contribution in [2.75, 3.05) is 13.7 Å². The maximum absolute atomic E-state index is 11.4. The highest BCUT2D eigenvalue weighted by Crippen LogP contribution is 2.22. The summed E-state index contributed by atoms with van der Waals surface area (Å²) < 4.78 is 10.4. The molecule has 19 heavy (non-hydrogen) atoms. The van der Waals surface area contributed by atoms with Crippen LogP contribution < -0.4 is 15.7 Å². The average Bonchev–Trinajstić information content (AvgIpc) is 2.43. The first-order valence-corrected chi connectivity index (χ1v) is 6.04. The molecule has 0 atom stereocenters. The Bertz CT molecular complexity index is 660. The van der Waals surface area contributed by atoms with E-state index in [9.17, 15) is 9.59 Å². The van der Waals surface area contributed by atoms with Gasteiger partial charge in [-0.25, -0.2) is 4.79 Å². The Kier molecular flexibility index (Phi) is 3.85. The zero-order chi connectivity index (χ0) is 13.8. The van der Waals surface area contributed by atoms with Gasteiger partial charge >= 0.3 is 5.63 Å². The molecule has 1 aromatic heterocycles. The maximum Gasteiger partial charge on any atom is 0.336 e. The fourth-order valence-electron chi connectivity index (χ4n) is 1.81. The van der Waals surface area contributed by atoms with Gasteiger partial charge in [0.15, 0.2) is 6.61 Å². The second-order valence-electron chi connectivity index (χ2n) is 4.06. The molecular formula is C14H15NO4. The first-order valence-electron chi connectivity index (χ1n) is 6.04. The van der Waals surface area contributed by atoms with Gasteiger partial charge < -0.3 is 14.5 Å². The van der Waals surface area contributed by atoms with Gasteiger partial charge in [-0.2, -0.15) is 0 Å². The van der Waals surface area contributed by atoms with Crippen molar-refractivity contribution in [1.82, 2.24) is 5.32 Å². The van der Waals surface area contributed by atoms with E-state index in [4.69, 9.17) is 9.15 Å². The number of aryl methyl sites for hydroxylation is 1. The molecule has 0 radical (unpaired) electrons. The van der Waals surface area contributed by atoms with Gasteiger partial charge in [-0.15, -0.1) is 0 Å². The van der Waals surface area contributed by atoms with Crippen molar-refractivity contribution < 1.29 is 13.9 Å². The van der Waals surface area contributed by atoms with E-state index < -0.39 is 0 Å². The van der Waals surface area contributed by atoms with Crippen molar-refractivity contribution in [3.05, 3.63) is 40.2 Å². The van der Waals surface area contributed by atoms with Crippen LogP contribution in [-0.4, -0.2) is 19.6 Å². The van der Waals surface area contributed by atoms with Crippen molar-refractivity contribution in [2.24, 2.45) is 0 Å². The normalized spacial score (nSPS) is 10.4. The highest BCUT2D eigenvalue weighted by Gasteiger charge is 2.06. The highest BCUT2D eigenvalue weighted by atomic mass is 16.5. The molecule has 0 spiro atoms. The van der Waals surface area contributed by atoms with Crippen LogP contribution in [0.2, 0.25) is 0 Å². The molecule has 5 nitrogen and oxygen atoms in total. The largest absolute Gasteiger partial charge is 0.484 e. The first-order chi connectivity index (χ1) is 9.13. The number of carbonyl (C=O) groups excluding carboxylic acids is 1. The summed E-state index contributed by atoms with van der Waals surface area (Å²) in [6.45, 7) is 1.91. The lowest BCUT2D eigenvalue weighted by atomic mass is 10.1. The molecule has 2 aromatic rings. The summed E-state index contributed by atoms with van der Waals surface area (Å²) in [6, 6.07) is 6.70. The number of likely N-dealkylation sites (N-methyl/N-ethyl adjacent to an activating group) is 1. The Morgan fingerprint density at radius 3 is 2.84 bits per heavy atom. The summed E-state index contributed by atoms with van der Waals surface area (Å²) in [5.74, 6) is 0.274. The van der Waals surface area contributed by atoms with Crippen LogP contribution in [0.4, 0.5) is 0 Å². The Morgan fingerprint density at radius 2 is 2.16 bits per heavy atom. The molecule has 1 amide bonds. The number of hydrogen-bond donors (Lipinski definition) is 1. The summed E-state index contributed by atoms with van der Waals surface area (Å²) in [7, 11) is 1.54. The minimum Gasteiger partial charge on any atom is -0.484 e. The van der Waals surface area contributed by atoms with Gasteiger partial charge in [0.2, 0.25) is 0 Å². The quantitative estimate of drug-likeness (QED) is 0.846.